The van der Waals surface area contributed by atoms with E-state index in [1.54, 1.807) is 24.2 Å². The number of carbonyl (C=O) groups is 1. The van der Waals surface area contributed by atoms with Crippen molar-refractivity contribution in [3.05, 3.63) is 42.7 Å². The molecule has 0 unspecified atom stereocenters. The molecule has 0 saturated carbocycles. The maximum absolute atomic E-state index is 12.9. The highest BCUT2D eigenvalue weighted by Gasteiger charge is 2.31. The van der Waals surface area contributed by atoms with Gasteiger partial charge in [0.1, 0.15) is 5.03 Å². The van der Waals surface area contributed by atoms with Crippen LogP contribution in [0.3, 0.4) is 0 Å². The van der Waals surface area contributed by atoms with Crippen molar-refractivity contribution in [3.63, 3.8) is 0 Å². The minimum absolute atomic E-state index is 0.0217. The van der Waals surface area contributed by atoms with Crippen LogP contribution < -0.4 is 4.90 Å². The third-order valence-electron chi connectivity index (χ3n) is 5.00. The number of rotatable bonds is 4. The molecule has 7 heteroatoms. The third kappa shape index (κ3) is 4.42. The molecule has 1 aromatic heterocycles. The fourth-order valence-corrected chi connectivity index (χ4v) is 4.52. The highest BCUT2D eigenvalue weighted by molar-refractivity contribution is 7.99. The summed E-state index contributed by atoms with van der Waals surface area (Å²) in [6.07, 6.45) is 5.40. The smallest absolute Gasteiger partial charge is 0.227 e. The predicted octanol–water partition coefficient (Wildman–Crippen LogP) is 2.70. The van der Waals surface area contributed by atoms with E-state index in [4.69, 9.17) is 4.74 Å². The zero-order valence-electron chi connectivity index (χ0n) is 15.3. The number of hydrogen-bond acceptors (Lipinski definition) is 6. The van der Waals surface area contributed by atoms with Gasteiger partial charge in [0.2, 0.25) is 5.91 Å². The van der Waals surface area contributed by atoms with E-state index in [-0.39, 0.29) is 11.8 Å². The van der Waals surface area contributed by atoms with Gasteiger partial charge in [0, 0.05) is 43.5 Å². The first kappa shape index (κ1) is 18.3. The highest BCUT2D eigenvalue weighted by Crippen LogP contribution is 2.34. The van der Waals surface area contributed by atoms with Crippen LogP contribution in [0.15, 0.2) is 52.6 Å². The predicted molar refractivity (Wildman–Crippen MR) is 105 cm³/mol. The number of aromatic nitrogens is 2. The van der Waals surface area contributed by atoms with Gasteiger partial charge in [-0.1, -0.05) is 30.0 Å². The number of morpholine rings is 1. The Morgan fingerprint density at radius 2 is 1.85 bits per heavy atom. The molecule has 142 valence electrons. The molecule has 4 rings (SSSR count). The zero-order chi connectivity index (χ0) is 18.5. The maximum atomic E-state index is 12.9. The number of anilines is 1. The van der Waals surface area contributed by atoms with E-state index in [9.17, 15) is 4.79 Å². The first-order valence-electron chi connectivity index (χ1n) is 9.46. The standard InChI is InChI=1S/C20H24N4O2S/c25-20(23-11-13-26-14-12-23)16-5-4-10-24(15-16)18-19(22-9-8-21-18)27-17-6-2-1-3-7-17/h1-3,6-9,16H,4-5,10-15H2/t16-/m0/s1. The lowest BCUT2D eigenvalue weighted by Crippen LogP contribution is -2.48. The summed E-state index contributed by atoms with van der Waals surface area (Å²) in [5.41, 5.74) is 0. The molecule has 0 bridgehead atoms. The Morgan fingerprint density at radius 3 is 2.67 bits per heavy atom. The molecule has 2 aliphatic heterocycles. The summed E-state index contributed by atoms with van der Waals surface area (Å²) in [4.78, 5) is 27.4. The fourth-order valence-electron chi connectivity index (χ4n) is 3.62. The normalized spacial score (nSPS) is 20.5. The number of hydrogen-bond donors (Lipinski definition) is 0. The average Bonchev–Trinajstić information content (AvgIpc) is 2.75. The second-order valence-electron chi connectivity index (χ2n) is 6.82. The number of carbonyl (C=O) groups excluding carboxylic acids is 1. The number of amides is 1. The lowest BCUT2D eigenvalue weighted by Gasteiger charge is -2.37. The van der Waals surface area contributed by atoms with Crippen molar-refractivity contribution >= 4 is 23.5 Å². The molecule has 2 fully saturated rings. The van der Waals surface area contributed by atoms with Gasteiger partial charge in [-0.15, -0.1) is 0 Å². The molecule has 2 aromatic rings. The second kappa shape index (κ2) is 8.71. The van der Waals surface area contributed by atoms with Gasteiger partial charge >= 0.3 is 0 Å². The molecule has 1 atom stereocenters. The molecule has 3 heterocycles. The largest absolute Gasteiger partial charge is 0.378 e. The fraction of sp³-hybridized carbons (Fsp3) is 0.450. The first-order chi connectivity index (χ1) is 13.3. The molecular formula is C20H24N4O2S. The van der Waals surface area contributed by atoms with E-state index in [0.717, 1.165) is 35.1 Å². The second-order valence-corrected chi connectivity index (χ2v) is 7.89. The van der Waals surface area contributed by atoms with Crippen molar-refractivity contribution in [1.82, 2.24) is 14.9 Å². The number of benzene rings is 1. The minimum Gasteiger partial charge on any atom is -0.378 e. The monoisotopic (exact) mass is 384 g/mol. The molecule has 0 aliphatic carbocycles. The van der Waals surface area contributed by atoms with Crippen molar-refractivity contribution in [2.24, 2.45) is 5.92 Å². The van der Waals surface area contributed by atoms with Gasteiger partial charge < -0.3 is 14.5 Å². The molecule has 0 spiro atoms. The molecule has 1 aromatic carbocycles. The number of nitrogens with zero attached hydrogens (tertiary/aromatic N) is 4. The van der Waals surface area contributed by atoms with E-state index in [2.05, 4.69) is 27.0 Å². The van der Waals surface area contributed by atoms with E-state index in [0.29, 0.717) is 32.8 Å². The van der Waals surface area contributed by atoms with Crippen LogP contribution in [0.4, 0.5) is 5.82 Å². The summed E-state index contributed by atoms with van der Waals surface area (Å²) in [6.45, 7) is 4.31. The summed E-state index contributed by atoms with van der Waals surface area (Å²) in [5, 5.41) is 0.892. The van der Waals surface area contributed by atoms with Gasteiger partial charge in [0.15, 0.2) is 5.82 Å². The van der Waals surface area contributed by atoms with E-state index in [1.807, 2.05) is 23.1 Å². The molecular weight excluding hydrogens is 360 g/mol. The summed E-state index contributed by atoms with van der Waals surface area (Å²) in [5.74, 6) is 1.16. The van der Waals surface area contributed by atoms with E-state index in [1.165, 1.54) is 0 Å². The summed E-state index contributed by atoms with van der Waals surface area (Å²) < 4.78 is 5.37. The van der Waals surface area contributed by atoms with Gasteiger partial charge in [-0.3, -0.25) is 4.79 Å². The van der Waals surface area contributed by atoms with Crippen LogP contribution in [0.25, 0.3) is 0 Å². The maximum Gasteiger partial charge on any atom is 0.227 e. The average molecular weight is 385 g/mol. The van der Waals surface area contributed by atoms with Crippen LogP contribution >= 0.6 is 11.8 Å². The zero-order valence-corrected chi connectivity index (χ0v) is 16.1. The Labute approximate surface area is 163 Å². The van der Waals surface area contributed by atoms with Crippen LogP contribution in [0.1, 0.15) is 12.8 Å². The van der Waals surface area contributed by atoms with Crippen molar-refractivity contribution in [1.29, 1.82) is 0 Å². The lowest BCUT2D eigenvalue weighted by atomic mass is 9.96. The van der Waals surface area contributed by atoms with Gasteiger partial charge in [0.25, 0.3) is 0 Å². The van der Waals surface area contributed by atoms with Crippen molar-refractivity contribution < 1.29 is 9.53 Å². The SMILES string of the molecule is O=C([C@H]1CCCN(c2nccnc2Sc2ccccc2)C1)N1CCOCC1. The summed E-state index contributed by atoms with van der Waals surface area (Å²) >= 11 is 1.62. The molecule has 1 amide bonds. The van der Waals surface area contributed by atoms with Crippen molar-refractivity contribution in [3.8, 4) is 0 Å². The van der Waals surface area contributed by atoms with E-state index < -0.39 is 0 Å². The Hall–Kier alpha value is -2.12. The van der Waals surface area contributed by atoms with Gasteiger partial charge in [-0.2, -0.15) is 0 Å². The molecule has 6 nitrogen and oxygen atoms in total. The summed E-state index contributed by atoms with van der Waals surface area (Å²) in [7, 11) is 0. The quantitative estimate of drug-likeness (QED) is 0.808. The summed E-state index contributed by atoms with van der Waals surface area (Å²) in [6, 6.07) is 10.2. The number of piperidine rings is 1. The third-order valence-corrected chi connectivity index (χ3v) is 5.99. The molecule has 27 heavy (non-hydrogen) atoms. The van der Waals surface area contributed by atoms with Crippen molar-refractivity contribution in [2.75, 3.05) is 44.3 Å². The Bertz CT molecular complexity index is 768. The minimum atomic E-state index is 0.0217. The van der Waals surface area contributed by atoms with Crippen LogP contribution in [0.2, 0.25) is 0 Å². The molecule has 2 saturated heterocycles. The van der Waals surface area contributed by atoms with Crippen LogP contribution in [-0.2, 0) is 9.53 Å². The van der Waals surface area contributed by atoms with Gasteiger partial charge in [-0.25, -0.2) is 9.97 Å². The molecule has 2 aliphatic rings. The number of ether oxygens (including phenoxy) is 1. The first-order valence-corrected chi connectivity index (χ1v) is 10.3. The topological polar surface area (TPSA) is 58.6 Å². The van der Waals surface area contributed by atoms with Crippen LogP contribution in [0.5, 0.6) is 0 Å². The Morgan fingerprint density at radius 1 is 1.07 bits per heavy atom. The Balaban J connectivity index is 1.49. The van der Waals surface area contributed by atoms with Crippen molar-refractivity contribution in [2.45, 2.75) is 22.8 Å². The Kier molecular flexibility index (Phi) is 5.89. The van der Waals surface area contributed by atoms with Crippen LogP contribution in [0, 0.1) is 5.92 Å². The lowest BCUT2D eigenvalue weighted by molar-refractivity contribution is -0.139. The van der Waals surface area contributed by atoms with Gasteiger partial charge in [0.05, 0.1) is 19.1 Å². The highest BCUT2D eigenvalue weighted by atomic mass is 32.2. The van der Waals surface area contributed by atoms with Crippen LogP contribution in [-0.4, -0.2) is 60.2 Å². The van der Waals surface area contributed by atoms with E-state index >= 15 is 0 Å². The molecule has 0 N–H and O–H groups in total. The molecule has 0 radical (unpaired) electrons. The van der Waals surface area contributed by atoms with Gasteiger partial charge in [-0.05, 0) is 25.0 Å².